The van der Waals surface area contributed by atoms with E-state index in [1.54, 1.807) is 6.92 Å². The maximum absolute atomic E-state index is 12.8. The summed E-state index contributed by atoms with van der Waals surface area (Å²) in [6, 6.07) is 9.02. The second kappa shape index (κ2) is 5.82. The quantitative estimate of drug-likeness (QED) is 0.927. The van der Waals surface area contributed by atoms with Gasteiger partial charge in [0.2, 0.25) is 10.0 Å². The minimum absolute atomic E-state index is 0.0107. The molecule has 1 aromatic heterocycles. The predicted molar refractivity (Wildman–Crippen MR) is 84.8 cm³/mol. The number of benzene rings is 1. The third kappa shape index (κ3) is 2.77. The minimum Gasteiger partial charge on any atom is -0.477 e. The summed E-state index contributed by atoms with van der Waals surface area (Å²) in [6.07, 6.45) is 2.06. The molecule has 1 aliphatic heterocycles. The number of sulfonamides is 1. The van der Waals surface area contributed by atoms with Gasteiger partial charge in [0, 0.05) is 25.8 Å². The highest BCUT2D eigenvalue weighted by molar-refractivity contribution is 7.89. The zero-order valence-corrected chi connectivity index (χ0v) is 13.6. The Kier molecular flexibility index (Phi) is 3.99. The van der Waals surface area contributed by atoms with E-state index in [4.69, 9.17) is 0 Å². The van der Waals surface area contributed by atoms with Gasteiger partial charge in [-0.3, -0.25) is 0 Å². The van der Waals surface area contributed by atoms with Gasteiger partial charge in [-0.2, -0.15) is 4.31 Å². The smallest absolute Gasteiger partial charge is 0.352 e. The van der Waals surface area contributed by atoms with Crippen molar-refractivity contribution in [2.45, 2.75) is 31.3 Å². The van der Waals surface area contributed by atoms with E-state index in [0.717, 1.165) is 11.1 Å². The number of aromatic nitrogens is 1. The molecule has 3 rings (SSSR count). The van der Waals surface area contributed by atoms with Crippen LogP contribution in [-0.4, -0.2) is 34.9 Å². The normalized spacial score (nSPS) is 15.3. The fourth-order valence-corrected chi connectivity index (χ4v) is 4.35. The molecule has 122 valence electrons. The summed E-state index contributed by atoms with van der Waals surface area (Å²) in [5.74, 6) is -1.13. The summed E-state index contributed by atoms with van der Waals surface area (Å²) < 4.78 is 28.5. The van der Waals surface area contributed by atoms with Gasteiger partial charge >= 0.3 is 5.97 Å². The molecule has 1 aliphatic rings. The fraction of sp³-hybridized carbons (Fsp3) is 0.312. The van der Waals surface area contributed by atoms with Gasteiger partial charge in [0.1, 0.15) is 10.6 Å². The van der Waals surface area contributed by atoms with Crippen molar-refractivity contribution in [3.8, 4) is 0 Å². The van der Waals surface area contributed by atoms with Gasteiger partial charge in [0.25, 0.3) is 0 Å². The van der Waals surface area contributed by atoms with Crippen molar-refractivity contribution < 1.29 is 18.3 Å². The summed E-state index contributed by atoms with van der Waals surface area (Å²) in [4.78, 5) is 11.3. The average molecular weight is 334 g/mol. The summed E-state index contributed by atoms with van der Waals surface area (Å²) in [5, 5.41) is 9.19. The maximum atomic E-state index is 12.8. The van der Waals surface area contributed by atoms with Gasteiger partial charge in [-0.25, -0.2) is 13.2 Å². The lowest BCUT2D eigenvalue weighted by Gasteiger charge is -2.27. The molecular weight excluding hydrogens is 316 g/mol. The summed E-state index contributed by atoms with van der Waals surface area (Å²) in [5.41, 5.74) is 2.15. The standard InChI is InChI=1S/C16H18N2O4S/c1-2-17-11-14(9-15(17)16(19)20)23(21,22)18-8-7-12-5-3-4-6-13(12)10-18/h3-6,9,11H,2,7-8,10H2,1H3,(H,19,20). The van der Waals surface area contributed by atoms with Crippen molar-refractivity contribution >= 4 is 16.0 Å². The second-order valence-corrected chi connectivity index (χ2v) is 7.45. The highest BCUT2D eigenvalue weighted by Gasteiger charge is 2.30. The number of rotatable bonds is 4. The number of aromatic carboxylic acids is 1. The molecule has 2 aromatic rings. The molecule has 1 N–H and O–H groups in total. The summed E-state index contributed by atoms with van der Waals surface area (Å²) in [6.45, 7) is 2.90. The molecule has 7 heteroatoms. The van der Waals surface area contributed by atoms with E-state index in [-0.39, 0.29) is 10.6 Å². The molecule has 0 amide bonds. The maximum Gasteiger partial charge on any atom is 0.352 e. The molecular formula is C16H18N2O4S. The Morgan fingerprint density at radius 1 is 1.26 bits per heavy atom. The van der Waals surface area contributed by atoms with E-state index in [2.05, 4.69) is 0 Å². The zero-order chi connectivity index (χ0) is 16.6. The van der Waals surface area contributed by atoms with E-state index >= 15 is 0 Å². The third-order valence-corrected chi connectivity index (χ3v) is 5.98. The van der Waals surface area contributed by atoms with E-state index in [1.165, 1.54) is 21.1 Å². The number of fused-ring (bicyclic) bond motifs is 1. The minimum atomic E-state index is -3.70. The number of hydrogen-bond donors (Lipinski definition) is 1. The van der Waals surface area contributed by atoms with Crippen molar-refractivity contribution in [1.29, 1.82) is 0 Å². The summed E-state index contributed by atoms with van der Waals surface area (Å²) in [7, 11) is -3.70. The molecule has 23 heavy (non-hydrogen) atoms. The number of carboxylic acids is 1. The molecule has 0 bridgehead atoms. The van der Waals surface area contributed by atoms with Crippen molar-refractivity contribution in [3.05, 3.63) is 53.3 Å². The fourth-order valence-electron chi connectivity index (χ4n) is 2.89. The van der Waals surface area contributed by atoms with Gasteiger partial charge in [0.15, 0.2) is 0 Å². The van der Waals surface area contributed by atoms with Crippen LogP contribution in [0.25, 0.3) is 0 Å². The van der Waals surface area contributed by atoms with Gasteiger partial charge in [-0.1, -0.05) is 24.3 Å². The Labute approximate surface area is 135 Å². The molecule has 6 nitrogen and oxygen atoms in total. The van der Waals surface area contributed by atoms with Crippen LogP contribution in [-0.2, 0) is 29.5 Å². The van der Waals surface area contributed by atoms with Crippen LogP contribution < -0.4 is 0 Å². The van der Waals surface area contributed by atoms with Crippen LogP contribution in [0.2, 0.25) is 0 Å². The van der Waals surface area contributed by atoms with Gasteiger partial charge in [-0.15, -0.1) is 0 Å². The summed E-state index contributed by atoms with van der Waals surface area (Å²) >= 11 is 0. The number of nitrogens with zero attached hydrogens (tertiary/aromatic N) is 2. The zero-order valence-electron chi connectivity index (χ0n) is 12.8. The Morgan fingerprint density at radius 2 is 1.96 bits per heavy atom. The van der Waals surface area contributed by atoms with E-state index < -0.39 is 16.0 Å². The second-order valence-electron chi connectivity index (χ2n) is 5.51. The lowest BCUT2D eigenvalue weighted by molar-refractivity contribution is 0.0685. The van der Waals surface area contributed by atoms with Crippen LogP contribution in [0.15, 0.2) is 41.4 Å². The molecule has 2 heterocycles. The van der Waals surface area contributed by atoms with Crippen LogP contribution >= 0.6 is 0 Å². The first-order chi connectivity index (χ1) is 10.9. The molecule has 0 aliphatic carbocycles. The number of carboxylic acid groups (broad SMARTS) is 1. The first kappa shape index (κ1) is 15.8. The highest BCUT2D eigenvalue weighted by atomic mass is 32.2. The van der Waals surface area contributed by atoms with Gasteiger partial charge in [-0.05, 0) is 30.5 Å². The monoisotopic (exact) mass is 334 g/mol. The van der Waals surface area contributed by atoms with Gasteiger partial charge < -0.3 is 9.67 Å². The number of hydrogen-bond acceptors (Lipinski definition) is 3. The SMILES string of the molecule is CCn1cc(S(=O)(=O)N2CCc3ccccc3C2)cc1C(=O)O. The Hall–Kier alpha value is -2.12. The number of carbonyl (C=O) groups is 1. The van der Waals surface area contributed by atoms with Crippen LogP contribution in [0.5, 0.6) is 0 Å². The van der Waals surface area contributed by atoms with Crippen molar-refractivity contribution in [1.82, 2.24) is 8.87 Å². The molecule has 0 saturated carbocycles. The van der Waals surface area contributed by atoms with E-state index in [1.807, 2.05) is 24.3 Å². The molecule has 0 spiro atoms. The Bertz CT molecular complexity index is 855. The molecule has 0 saturated heterocycles. The third-order valence-electron chi connectivity index (χ3n) is 4.16. The predicted octanol–water partition coefficient (Wildman–Crippen LogP) is 1.95. The van der Waals surface area contributed by atoms with Crippen molar-refractivity contribution in [2.75, 3.05) is 6.54 Å². The number of aryl methyl sites for hydroxylation is 1. The van der Waals surface area contributed by atoms with E-state index in [0.29, 0.717) is 26.1 Å². The van der Waals surface area contributed by atoms with Crippen LogP contribution in [0.1, 0.15) is 28.5 Å². The van der Waals surface area contributed by atoms with Crippen LogP contribution in [0, 0.1) is 0 Å². The molecule has 0 atom stereocenters. The largest absolute Gasteiger partial charge is 0.477 e. The Morgan fingerprint density at radius 3 is 2.57 bits per heavy atom. The Balaban J connectivity index is 1.95. The van der Waals surface area contributed by atoms with E-state index in [9.17, 15) is 18.3 Å². The topological polar surface area (TPSA) is 79.6 Å². The molecule has 0 radical (unpaired) electrons. The first-order valence-electron chi connectivity index (χ1n) is 7.44. The van der Waals surface area contributed by atoms with Crippen molar-refractivity contribution in [2.24, 2.45) is 0 Å². The molecule has 0 fully saturated rings. The van der Waals surface area contributed by atoms with Crippen molar-refractivity contribution in [3.63, 3.8) is 0 Å². The van der Waals surface area contributed by atoms with Gasteiger partial charge in [0.05, 0.1) is 0 Å². The first-order valence-corrected chi connectivity index (χ1v) is 8.88. The molecule has 0 unspecified atom stereocenters. The lowest BCUT2D eigenvalue weighted by atomic mass is 10.0. The molecule has 1 aromatic carbocycles. The average Bonchev–Trinajstić information content (AvgIpc) is 2.99. The van der Waals surface area contributed by atoms with Crippen LogP contribution in [0.3, 0.4) is 0 Å². The lowest BCUT2D eigenvalue weighted by Crippen LogP contribution is -2.35. The van der Waals surface area contributed by atoms with Crippen LogP contribution in [0.4, 0.5) is 0 Å². The highest BCUT2D eigenvalue weighted by Crippen LogP contribution is 2.26.